The summed E-state index contributed by atoms with van der Waals surface area (Å²) in [4.78, 5) is 0. The van der Waals surface area contributed by atoms with Gasteiger partial charge in [0.05, 0.1) is 32.0 Å². The van der Waals surface area contributed by atoms with Gasteiger partial charge in [-0.25, -0.2) is 0 Å². The first-order valence-corrected chi connectivity index (χ1v) is 6.86. The third-order valence-electron chi connectivity index (χ3n) is 3.67. The van der Waals surface area contributed by atoms with Gasteiger partial charge in [0.2, 0.25) is 0 Å². The summed E-state index contributed by atoms with van der Waals surface area (Å²) >= 11 is 0. The maximum atomic E-state index is 5.90. The minimum atomic E-state index is -0.00712. The summed E-state index contributed by atoms with van der Waals surface area (Å²) in [6.45, 7) is 5.41. The highest BCUT2D eigenvalue weighted by atomic mass is 16.6. The van der Waals surface area contributed by atoms with Crippen molar-refractivity contribution in [2.75, 3.05) is 53.3 Å². The highest BCUT2D eigenvalue weighted by molar-refractivity contribution is 4.92. The van der Waals surface area contributed by atoms with Crippen molar-refractivity contribution in [2.24, 2.45) is 0 Å². The van der Waals surface area contributed by atoms with Crippen LogP contribution in [-0.2, 0) is 18.9 Å². The van der Waals surface area contributed by atoms with Crippen molar-refractivity contribution >= 4 is 0 Å². The second-order valence-corrected chi connectivity index (χ2v) is 5.08. The third-order valence-corrected chi connectivity index (χ3v) is 3.67. The van der Waals surface area contributed by atoms with Crippen LogP contribution < -0.4 is 5.32 Å². The molecule has 2 fully saturated rings. The zero-order valence-corrected chi connectivity index (χ0v) is 11.3. The largest absolute Gasteiger partial charge is 0.382 e. The van der Waals surface area contributed by atoms with Gasteiger partial charge in [-0.3, -0.25) is 0 Å². The minimum Gasteiger partial charge on any atom is -0.382 e. The lowest BCUT2D eigenvalue weighted by atomic mass is 9.90. The van der Waals surface area contributed by atoms with Crippen molar-refractivity contribution in [1.29, 1.82) is 0 Å². The van der Waals surface area contributed by atoms with E-state index in [2.05, 4.69) is 5.32 Å². The van der Waals surface area contributed by atoms with E-state index in [1.807, 2.05) is 0 Å². The number of ether oxygens (including phenoxy) is 4. The van der Waals surface area contributed by atoms with E-state index in [0.717, 1.165) is 52.2 Å². The molecule has 0 saturated carbocycles. The quantitative estimate of drug-likeness (QED) is 0.678. The monoisotopic (exact) mass is 259 g/mol. The Morgan fingerprint density at radius 3 is 3.00 bits per heavy atom. The molecule has 2 aliphatic heterocycles. The molecular formula is C13H25NO4. The lowest BCUT2D eigenvalue weighted by Crippen LogP contribution is -2.48. The number of hydrogen-bond acceptors (Lipinski definition) is 5. The van der Waals surface area contributed by atoms with E-state index in [-0.39, 0.29) is 5.60 Å². The second-order valence-electron chi connectivity index (χ2n) is 5.08. The third kappa shape index (κ3) is 4.17. The Morgan fingerprint density at radius 2 is 2.22 bits per heavy atom. The highest BCUT2D eigenvalue weighted by Gasteiger charge is 2.40. The van der Waals surface area contributed by atoms with Gasteiger partial charge in [-0.1, -0.05) is 0 Å². The van der Waals surface area contributed by atoms with Crippen molar-refractivity contribution in [3.05, 3.63) is 0 Å². The van der Waals surface area contributed by atoms with Gasteiger partial charge in [0, 0.05) is 39.3 Å². The number of nitrogens with one attached hydrogen (secondary N) is 1. The summed E-state index contributed by atoms with van der Waals surface area (Å²) in [5.41, 5.74) is -0.00712. The number of methoxy groups -OCH3 is 1. The molecule has 0 amide bonds. The Bertz CT molecular complexity index is 231. The van der Waals surface area contributed by atoms with E-state index in [1.165, 1.54) is 0 Å². The fourth-order valence-corrected chi connectivity index (χ4v) is 2.64. The van der Waals surface area contributed by atoms with Crippen molar-refractivity contribution in [3.63, 3.8) is 0 Å². The molecule has 2 saturated heterocycles. The maximum absolute atomic E-state index is 5.90. The fraction of sp³-hybridized carbons (Fsp3) is 1.00. The van der Waals surface area contributed by atoms with Crippen LogP contribution in [0.25, 0.3) is 0 Å². The van der Waals surface area contributed by atoms with Crippen LogP contribution in [0, 0.1) is 0 Å². The first-order chi connectivity index (χ1) is 8.85. The Kier molecular flexibility index (Phi) is 5.85. The Morgan fingerprint density at radius 1 is 1.28 bits per heavy atom. The van der Waals surface area contributed by atoms with Gasteiger partial charge in [0.1, 0.15) is 0 Å². The lowest BCUT2D eigenvalue weighted by Gasteiger charge is -2.37. The summed E-state index contributed by atoms with van der Waals surface area (Å²) in [5.74, 6) is 0. The average Bonchev–Trinajstić information content (AvgIpc) is 2.82. The van der Waals surface area contributed by atoms with E-state index in [9.17, 15) is 0 Å². The average molecular weight is 259 g/mol. The van der Waals surface area contributed by atoms with Crippen LogP contribution in [0.1, 0.15) is 19.3 Å². The molecule has 0 bridgehead atoms. The molecule has 0 aromatic rings. The van der Waals surface area contributed by atoms with Gasteiger partial charge in [0.25, 0.3) is 0 Å². The van der Waals surface area contributed by atoms with Crippen molar-refractivity contribution < 1.29 is 18.9 Å². The molecule has 5 heteroatoms. The molecule has 0 aromatic carbocycles. The molecule has 0 aromatic heterocycles. The van der Waals surface area contributed by atoms with Crippen LogP contribution in [0.5, 0.6) is 0 Å². The molecule has 0 aliphatic carbocycles. The van der Waals surface area contributed by atoms with Gasteiger partial charge in [-0.15, -0.1) is 0 Å². The summed E-state index contributed by atoms with van der Waals surface area (Å²) in [6, 6.07) is 0.534. The molecular weight excluding hydrogens is 234 g/mol. The van der Waals surface area contributed by atoms with Crippen LogP contribution in [-0.4, -0.2) is 64.9 Å². The topological polar surface area (TPSA) is 49.0 Å². The zero-order chi connectivity index (χ0) is 12.7. The highest BCUT2D eigenvalue weighted by Crippen LogP contribution is 2.32. The zero-order valence-electron chi connectivity index (χ0n) is 11.3. The number of hydrogen-bond donors (Lipinski definition) is 1. The molecule has 106 valence electrons. The second kappa shape index (κ2) is 7.40. The number of rotatable bonds is 7. The van der Waals surface area contributed by atoms with Crippen molar-refractivity contribution in [2.45, 2.75) is 30.9 Å². The molecule has 5 nitrogen and oxygen atoms in total. The van der Waals surface area contributed by atoms with Crippen LogP contribution in [0.3, 0.4) is 0 Å². The molecule has 2 aliphatic rings. The molecule has 2 rings (SSSR count). The molecule has 2 unspecified atom stereocenters. The molecule has 1 spiro atoms. The smallest absolute Gasteiger partial charge is 0.0951 e. The first-order valence-electron chi connectivity index (χ1n) is 6.86. The summed E-state index contributed by atoms with van der Waals surface area (Å²) < 4.78 is 21.7. The standard InChI is InChI=1S/C13H25NO4/c1-15-8-9-16-7-4-14-12-2-5-18-13(10-12)3-6-17-11-13/h12,14H,2-11H2,1H3. The van der Waals surface area contributed by atoms with Crippen LogP contribution >= 0.6 is 0 Å². The van der Waals surface area contributed by atoms with Gasteiger partial charge >= 0.3 is 0 Å². The predicted molar refractivity (Wildman–Crippen MR) is 67.8 cm³/mol. The van der Waals surface area contributed by atoms with Crippen LogP contribution in [0.4, 0.5) is 0 Å². The van der Waals surface area contributed by atoms with E-state index >= 15 is 0 Å². The van der Waals surface area contributed by atoms with Crippen molar-refractivity contribution in [1.82, 2.24) is 5.32 Å². The Labute approximate surface area is 109 Å². The Hall–Kier alpha value is -0.200. The molecule has 1 N–H and O–H groups in total. The lowest BCUT2D eigenvalue weighted by molar-refractivity contribution is -0.0897. The summed E-state index contributed by atoms with van der Waals surface area (Å²) in [6.07, 6.45) is 3.18. The van der Waals surface area contributed by atoms with E-state index in [0.29, 0.717) is 19.3 Å². The minimum absolute atomic E-state index is 0.00712. The van der Waals surface area contributed by atoms with Crippen LogP contribution in [0.2, 0.25) is 0 Å². The van der Waals surface area contributed by atoms with E-state index in [4.69, 9.17) is 18.9 Å². The van der Waals surface area contributed by atoms with Gasteiger partial charge < -0.3 is 24.3 Å². The maximum Gasteiger partial charge on any atom is 0.0951 e. The summed E-state index contributed by atoms with van der Waals surface area (Å²) in [7, 11) is 1.69. The molecule has 18 heavy (non-hydrogen) atoms. The molecule has 0 radical (unpaired) electrons. The van der Waals surface area contributed by atoms with Gasteiger partial charge in [-0.2, -0.15) is 0 Å². The Balaban J connectivity index is 1.58. The van der Waals surface area contributed by atoms with Crippen molar-refractivity contribution in [3.8, 4) is 0 Å². The van der Waals surface area contributed by atoms with Crippen LogP contribution in [0.15, 0.2) is 0 Å². The van der Waals surface area contributed by atoms with E-state index in [1.54, 1.807) is 7.11 Å². The fourth-order valence-electron chi connectivity index (χ4n) is 2.64. The summed E-state index contributed by atoms with van der Waals surface area (Å²) in [5, 5.41) is 3.55. The predicted octanol–water partition coefficient (Wildman–Crippen LogP) is 0.577. The van der Waals surface area contributed by atoms with Gasteiger partial charge in [0.15, 0.2) is 0 Å². The molecule has 2 heterocycles. The first kappa shape index (κ1) is 14.2. The SMILES string of the molecule is COCCOCCNC1CCOC2(CCOC2)C1. The van der Waals surface area contributed by atoms with Gasteiger partial charge in [-0.05, 0) is 12.8 Å². The van der Waals surface area contributed by atoms with E-state index < -0.39 is 0 Å². The normalized spacial score (nSPS) is 32.2. The molecule has 2 atom stereocenters.